The molecule has 6 nitrogen and oxygen atoms in total. The van der Waals surface area contributed by atoms with Crippen LogP contribution in [0, 0.1) is 0 Å². The predicted octanol–water partition coefficient (Wildman–Crippen LogP) is 2.32. The van der Waals surface area contributed by atoms with Crippen LogP contribution < -0.4 is 4.90 Å². The van der Waals surface area contributed by atoms with Gasteiger partial charge in [-0.2, -0.15) is 0 Å². The van der Waals surface area contributed by atoms with E-state index in [-0.39, 0.29) is 23.9 Å². The third-order valence-electron chi connectivity index (χ3n) is 3.55. The molecular weight excluding hydrogens is 258 g/mol. The van der Waals surface area contributed by atoms with Crippen LogP contribution >= 0.6 is 0 Å². The Morgan fingerprint density at radius 1 is 1.60 bits per heavy atom. The number of aliphatic hydroxyl groups excluding tert-OH is 1. The highest BCUT2D eigenvalue weighted by Crippen LogP contribution is 2.31. The van der Waals surface area contributed by atoms with Crippen LogP contribution in [0.25, 0.3) is 0 Å². The van der Waals surface area contributed by atoms with E-state index in [4.69, 9.17) is 4.52 Å². The lowest BCUT2D eigenvalue weighted by molar-refractivity contribution is 0.120. The van der Waals surface area contributed by atoms with Crippen molar-refractivity contribution in [2.24, 2.45) is 0 Å². The zero-order chi connectivity index (χ0) is 14.9. The van der Waals surface area contributed by atoms with E-state index in [1.54, 1.807) is 17.0 Å². The summed E-state index contributed by atoms with van der Waals surface area (Å²) < 4.78 is 5.21. The number of hydrogen-bond donors (Lipinski definition) is 1. The molecule has 1 saturated heterocycles. The fourth-order valence-corrected chi connectivity index (χ4v) is 2.40. The van der Waals surface area contributed by atoms with Crippen molar-refractivity contribution in [1.82, 2.24) is 10.1 Å². The molecule has 1 aliphatic heterocycles. The maximum Gasteiger partial charge on any atom is 0.329 e. The fraction of sp³-hybridized carbons (Fsp3) is 0.571. The minimum atomic E-state index is -0.951. The van der Waals surface area contributed by atoms with Crippen LogP contribution in [0.4, 0.5) is 10.7 Å². The molecule has 0 aromatic carbocycles. The molecular formula is C14H21N3O3. The number of nitrogens with zero attached hydrogens (tertiary/aromatic N) is 3. The molecule has 2 atom stereocenters. The first kappa shape index (κ1) is 14.6. The Labute approximate surface area is 118 Å². The van der Waals surface area contributed by atoms with E-state index >= 15 is 0 Å². The highest BCUT2D eigenvalue weighted by molar-refractivity contribution is 5.93. The van der Waals surface area contributed by atoms with Crippen LogP contribution in [0.15, 0.2) is 23.2 Å². The summed E-state index contributed by atoms with van der Waals surface area (Å²) in [6.45, 7) is 10.1. The van der Waals surface area contributed by atoms with Crippen molar-refractivity contribution in [3.63, 3.8) is 0 Å². The van der Waals surface area contributed by atoms with Gasteiger partial charge in [0.1, 0.15) is 0 Å². The maximum atomic E-state index is 12.4. The van der Waals surface area contributed by atoms with Gasteiger partial charge in [-0.05, 0) is 19.3 Å². The summed E-state index contributed by atoms with van der Waals surface area (Å²) in [5, 5.41) is 14.3. The first-order chi connectivity index (χ1) is 9.51. The number of aliphatic hydroxyl groups is 1. The van der Waals surface area contributed by atoms with Crippen LogP contribution in [0.1, 0.15) is 38.8 Å². The zero-order valence-corrected chi connectivity index (χ0v) is 12.1. The number of amides is 2. The summed E-state index contributed by atoms with van der Waals surface area (Å²) in [5.41, 5.74) is 0.759. The molecule has 2 unspecified atom stereocenters. The SMILES string of the molecule is C=CCC1C(O)N(c2cc(C(C)C)no2)C(=O)N1CC. The van der Waals surface area contributed by atoms with Crippen molar-refractivity contribution >= 4 is 11.9 Å². The number of carbonyl (C=O) groups excluding carboxylic acids is 1. The molecule has 1 fully saturated rings. The van der Waals surface area contributed by atoms with Crippen LogP contribution in [0.5, 0.6) is 0 Å². The smallest absolute Gasteiger partial charge is 0.329 e. The topological polar surface area (TPSA) is 69.8 Å². The normalized spacial score (nSPS) is 22.9. The molecule has 0 radical (unpaired) electrons. The van der Waals surface area contributed by atoms with Crippen molar-refractivity contribution in [1.29, 1.82) is 0 Å². The van der Waals surface area contributed by atoms with Gasteiger partial charge in [0.05, 0.1) is 11.7 Å². The summed E-state index contributed by atoms with van der Waals surface area (Å²) in [6, 6.07) is 1.13. The monoisotopic (exact) mass is 279 g/mol. The van der Waals surface area contributed by atoms with Crippen LogP contribution in [0.3, 0.4) is 0 Å². The largest absolute Gasteiger partial charge is 0.371 e. The van der Waals surface area contributed by atoms with Crippen molar-refractivity contribution in [3.05, 3.63) is 24.4 Å². The van der Waals surface area contributed by atoms with E-state index in [0.29, 0.717) is 13.0 Å². The second-order valence-corrected chi connectivity index (χ2v) is 5.19. The summed E-state index contributed by atoms with van der Waals surface area (Å²) in [5.74, 6) is 0.491. The van der Waals surface area contributed by atoms with Crippen molar-refractivity contribution < 1.29 is 14.4 Å². The molecule has 1 aliphatic rings. The number of aromatic nitrogens is 1. The summed E-state index contributed by atoms with van der Waals surface area (Å²) >= 11 is 0. The second-order valence-electron chi connectivity index (χ2n) is 5.19. The molecule has 0 spiro atoms. The number of urea groups is 1. The van der Waals surface area contributed by atoms with Gasteiger partial charge >= 0.3 is 6.03 Å². The number of rotatable bonds is 5. The molecule has 2 heterocycles. The van der Waals surface area contributed by atoms with Gasteiger partial charge in [-0.15, -0.1) is 6.58 Å². The molecule has 2 amide bonds. The van der Waals surface area contributed by atoms with E-state index in [0.717, 1.165) is 5.69 Å². The Kier molecular flexibility index (Phi) is 4.13. The maximum absolute atomic E-state index is 12.4. The van der Waals surface area contributed by atoms with Crippen molar-refractivity contribution in [2.75, 3.05) is 11.4 Å². The molecule has 1 aromatic rings. The van der Waals surface area contributed by atoms with Gasteiger partial charge in [0.25, 0.3) is 0 Å². The third kappa shape index (κ3) is 2.31. The summed E-state index contributed by atoms with van der Waals surface area (Å²) in [7, 11) is 0. The van der Waals surface area contributed by atoms with Crippen LogP contribution in [0.2, 0.25) is 0 Å². The Balaban J connectivity index is 2.30. The van der Waals surface area contributed by atoms with Gasteiger partial charge in [-0.1, -0.05) is 25.1 Å². The van der Waals surface area contributed by atoms with Crippen molar-refractivity contribution in [3.8, 4) is 0 Å². The van der Waals surface area contributed by atoms with Gasteiger partial charge in [0.2, 0.25) is 5.88 Å². The highest BCUT2D eigenvalue weighted by atomic mass is 16.5. The first-order valence-corrected chi connectivity index (χ1v) is 6.86. The Morgan fingerprint density at radius 3 is 2.80 bits per heavy atom. The van der Waals surface area contributed by atoms with Crippen LogP contribution in [-0.2, 0) is 0 Å². The molecule has 6 heteroatoms. The van der Waals surface area contributed by atoms with E-state index in [9.17, 15) is 9.90 Å². The minimum absolute atomic E-state index is 0.202. The first-order valence-electron chi connectivity index (χ1n) is 6.86. The molecule has 1 N–H and O–H groups in total. The quantitative estimate of drug-likeness (QED) is 0.840. The number of likely N-dealkylation sites (N-methyl/N-ethyl adjacent to an activating group) is 1. The van der Waals surface area contributed by atoms with Crippen LogP contribution in [-0.4, -0.2) is 40.0 Å². The standard InChI is InChI=1S/C14H21N3O3/c1-5-7-11-13(18)17(14(19)16(11)6-2)12-8-10(9(3)4)15-20-12/h5,8-9,11,13,18H,1,6-7H2,2-4H3. The fourth-order valence-electron chi connectivity index (χ4n) is 2.40. The minimum Gasteiger partial charge on any atom is -0.371 e. The molecule has 0 aliphatic carbocycles. The highest BCUT2D eigenvalue weighted by Gasteiger charge is 2.45. The predicted molar refractivity (Wildman–Crippen MR) is 75.5 cm³/mol. The van der Waals surface area contributed by atoms with Gasteiger partial charge in [0.15, 0.2) is 6.23 Å². The lowest BCUT2D eigenvalue weighted by Gasteiger charge is -2.21. The van der Waals surface area contributed by atoms with E-state index in [2.05, 4.69) is 11.7 Å². The second kappa shape index (κ2) is 5.66. The zero-order valence-electron chi connectivity index (χ0n) is 12.1. The van der Waals surface area contributed by atoms with E-state index in [1.807, 2.05) is 20.8 Å². The lowest BCUT2D eigenvalue weighted by Crippen LogP contribution is -2.36. The Morgan fingerprint density at radius 2 is 2.30 bits per heavy atom. The Bertz CT molecular complexity index is 498. The number of carbonyl (C=O) groups is 1. The van der Waals surface area contributed by atoms with Gasteiger partial charge in [-0.25, -0.2) is 9.69 Å². The van der Waals surface area contributed by atoms with Gasteiger partial charge < -0.3 is 14.5 Å². The number of anilines is 1. The average Bonchev–Trinajstić information content (AvgIpc) is 2.95. The summed E-state index contributed by atoms with van der Waals surface area (Å²) in [4.78, 5) is 15.3. The Hall–Kier alpha value is -1.82. The molecule has 1 aromatic heterocycles. The van der Waals surface area contributed by atoms with E-state index in [1.165, 1.54) is 4.90 Å². The molecule has 2 rings (SSSR count). The van der Waals surface area contributed by atoms with Crippen molar-refractivity contribution in [2.45, 2.75) is 45.4 Å². The van der Waals surface area contributed by atoms with E-state index < -0.39 is 6.23 Å². The molecule has 0 saturated carbocycles. The molecule has 0 bridgehead atoms. The van der Waals surface area contributed by atoms with Gasteiger partial charge in [0, 0.05) is 12.6 Å². The summed E-state index contributed by atoms with van der Waals surface area (Å²) in [6.07, 6.45) is 1.28. The average molecular weight is 279 g/mol. The number of hydrogen-bond acceptors (Lipinski definition) is 4. The molecule has 110 valence electrons. The molecule has 20 heavy (non-hydrogen) atoms. The lowest BCUT2D eigenvalue weighted by atomic mass is 10.1. The van der Waals surface area contributed by atoms with Gasteiger partial charge in [-0.3, -0.25) is 0 Å². The third-order valence-corrected chi connectivity index (χ3v) is 3.55.